The summed E-state index contributed by atoms with van der Waals surface area (Å²) in [6.07, 6.45) is 5.50. The number of benzene rings is 2. The quantitative estimate of drug-likeness (QED) is 0.752. The van der Waals surface area contributed by atoms with Crippen molar-refractivity contribution in [3.8, 4) is 0 Å². The minimum atomic E-state index is -0.482. The molecule has 2 aromatic rings. The Kier molecular flexibility index (Phi) is 7.24. The third-order valence-corrected chi connectivity index (χ3v) is 5.53. The summed E-state index contributed by atoms with van der Waals surface area (Å²) in [6, 6.07) is 19.7. The topological polar surface area (TPSA) is 49.4 Å². The minimum Gasteiger partial charge on any atom is -0.352 e. The van der Waals surface area contributed by atoms with Crippen LogP contribution in [-0.4, -0.2) is 28.8 Å². The maximum atomic E-state index is 13.0. The van der Waals surface area contributed by atoms with E-state index >= 15 is 0 Å². The molecule has 28 heavy (non-hydrogen) atoms. The van der Waals surface area contributed by atoms with E-state index in [1.807, 2.05) is 67.6 Å². The van der Waals surface area contributed by atoms with E-state index in [0.717, 1.165) is 24.0 Å². The molecular weight excluding hydrogens is 348 g/mol. The first-order valence-corrected chi connectivity index (χ1v) is 10.3. The highest BCUT2D eigenvalue weighted by atomic mass is 16.2. The fraction of sp³-hybridized carbons (Fsp3) is 0.417. The molecule has 0 bridgehead atoms. The van der Waals surface area contributed by atoms with Crippen molar-refractivity contribution in [3.63, 3.8) is 0 Å². The van der Waals surface area contributed by atoms with Gasteiger partial charge in [0.15, 0.2) is 0 Å². The third kappa shape index (κ3) is 5.69. The van der Waals surface area contributed by atoms with E-state index in [2.05, 4.69) is 5.32 Å². The molecule has 0 spiro atoms. The molecule has 0 radical (unpaired) electrons. The van der Waals surface area contributed by atoms with Crippen LogP contribution >= 0.6 is 0 Å². The van der Waals surface area contributed by atoms with Gasteiger partial charge in [0.1, 0.15) is 6.04 Å². The van der Waals surface area contributed by atoms with Gasteiger partial charge in [-0.1, -0.05) is 73.5 Å². The Morgan fingerprint density at radius 2 is 1.54 bits per heavy atom. The molecule has 148 valence electrons. The number of aryl methyl sites for hydroxylation is 1. The molecule has 1 saturated carbocycles. The van der Waals surface area contributed by atoms with E-state index in [9.17, 15) is 9.59 Å². The highest BCUT2D eigenvalue weighted by Gasteiger charge is 2.28. The summed E-state index contributed by atoms with van der Waals surface area (Å²) in [4.78, 5) is 27.6. The van der Waals surface area contributed by atoms with E-state index in [1.165, 1.54) is 12.8 Å². The minimum absolute atomic E-state index is 0.0155. The second kappa shape index (κ2) is 10.1. The smallest absolute Gasteiger partial charge is 0.242 e. The van der Waals surface area contributed by atoms with Crippen molar-refractivity contribution in [2.75, 3.05) is 0 Å². The molecule has 0 heterocycles. The van der Waals surface area contributed by atoms with Gasteiger partial charge in [-0.3, -0.25) is 9.59 Å². The van der Waals surface area contributed by atoms with Crippen LogP contribution in [0.5, 0.6) is 0 Å². The molecule has 0 aromatic heterocycles. The van der Waals surface area contributed by atoms with Gasteiger partial charge in [-0.25, -0.2) is 0 Å². The van der Waals surface area contributed by atoms with Gasteiger partial charge in [0.25, 0.3) is 0 Å². The Balaban J connectivity index is 1.67. The van der Waals surface area contributed by atoms with E-state index in [-0.39, 0.29) is 17.9 Å². The van der Waals surface area contributed by atoms with Gasteiger partial charge in [-0.2, -0.15) is 0 Å². The van der Waals surface area contributed by atoms with Crippen molar-refractivity contribution < 1.29 is 9.59 Å². The fourth-order valence-corrected chi connectivity index (χ4v) is 3.79. The Labute approximate surface area is 167 Å². The lowest BCUT2D eigenvalue weighted by Crippen LogP contribution is -2.49. The second-order valence-electron chi connectivity index (χ2n) is 7.66. The molecular formula is C24H30N2O2. The number of carbonyl (C=O) groups is 2. The van der Waals surface area contributed by atoms with Crippen molar-refractivity contribution in [2.24, 2.45) is 0 Å². The van der Waals surface area contributed by atoms with Crippen LogP contribution in [0.4, 0.5) is 0 Å². The van der Waals surface area contributed by atoms with Crippen LogP contribution in [0.1, 0.15) is 50.2 Å². The standard InChI is InChI=1S/C24H30N2O2/c1-19(24(28)25-22-14-8-9-15-22)26(18-21-12-6-3-7-13-21)23(27)17-16-20-10-4-2-5-11-20/h2-7,10-13,19,22H,8-9,14-18H2,1H3,(H,25,28)/t19-/m1/s1. The van der Waals surface area contributed by atoms with Gasteiger partial charge in [0, 0.05) is 19.0 Å². The number of hydrogen-bond donors (Lipinski definition) is 1. The molecule has 1 aliphatic carbocycles. The SMILES string of the molecule is C[C@H](C(=O)NC1CCCC1)N(Cc1ccccc1)C(=O)CCc1ccccc1. The van der Waals surface area contributed by atoms with Crippen LogP contribution in [-0.2, 0) is 22.6 Å². The molecule has 2 amide bonds. The lowest BCUT2D eigenvalue weighted by molar-refractivity contribution is -0.140. The Morgan fingerprint density at radius 3 is 2.14 bits per heavy atom. The maximum Gasteiger partial charge on any atom is 0.242 e. The molecule has 4 heteroatoms. The van der Waals surface area contributed by atoms with E-state index in [1.54, 1.807) is 4.90 Å². The predicted octanol–water partition coefficient (Wildman–Crippen LogP) is 4.10. The van der Waals surface area contributed by atoms with E-state index in [4.69, 9.17) is 0 Å². The van der Waals surface area contributed by atoms with Crippen LogP contribution in [0.15, 0.2) is 60.7 Å². The van der Waals surface area contributed by atoms with Crippen LogP contribution in [0.25, 0.3) is 0 Å². The number of rotatable bonds is 8. The second-order valence-corrected chi connectivity index (χ2v) is 7.66. The summed E-state index contributed by atoms with van der Waals surface area (Å²) in [5, 5.41) is 3.14. The molecule has 1 fully saturated rings. The van der Waals surface area contributed by atoms with Crippen LogP contribution in [0.2, 0.25) is 0 Å². The summed E-state index contributed by atoms with van der Waals surface area (Å²) >= 11 is 0. The summed E-state index contributed by atoms with van der Waals surface area (Å²) in [7, 11) is 0. The molecule has 0 saturated heterocycles. The Bertz CT molecular complexity index is 755. The van der Waals surface area contributed by atoms with Gasteiger partial charge >= 0.3 is 0 Å². The molecule has 1 N–H and O–H groups in total. The number of carbonyl (C=O) groups excluding carboxylic acids is 2. The van der Waals surface area contributed by atoms with E-state index < -0.39 is 6.04 Å². The van der Waals surface area contributed by atoms with Crippen molar-refractivity contribution >= 4 is 11.8 Å². The molecule has 1 atom stereocenters. The lowest BCUT2D eigenvalue weighted by Gasteiger charge is -2.30. The first-order chi connectivity index (χ1) is 13.6. The molecule has 0 unspecified atom stereocenters. The van der Waals surface area contributed by atoms with Crippen LogP contribution in [0.3, 0.4) is 0 Å². The summed E-state index contributed by atoms with van der Waals surface area (Å²) < 4.78 is 0. The van der Waals surface area contributed by atoms with Gasteiger partial charge in [0.2, 0.25) is 11.8 Å². The molecule has 0 aliphatic heterocycles. The number of nitrogens with one attached hydrogen (secondary N) is 1. The normalized spacial score (nSPS) is 15.2. The average molecular weight is 379 g/mol. The van der Waals surface area contributed by atoms with Crippen molar-refractivity contribution in [1.29, 1.82) is 0 Å². The third-order valence-electron chi connectivity index (χ3n) is 5.53. The molecule has 2 aromatic carbocycles. The van der Waals surface area contributed by atoms with E-state index in [0.29, 0.717) is 19.4 Å². The monoisotopic (exact) mass is 378 g/mol. The number of hydrogen-bond acceptors (Lipinski definition) is 2. The first-order valence-electron chi connectivity index (χ1n) is 10.3. The molecule has 4 nitrogen and oxygen atoms in total. The summed E-state index contributed by atoms with van der Waals surface area (Å²) in [5.41, 5.74) is 2.18. The summed E-state index contributed by atoms with van der Waals surface area (Å²) in [5.74, 6) is -0.0299. The first kappa shape index (κ1) is 20.1. The van der Waals surface area contributed by atoms with Crippen molar-refractivity contribution in [3.05, 3.63) is 71.8 Å². The number of amides is 2. The zero-order valence-electron chi connectivity index (χ0n) is 16.6. The lowest BCUT2D eigenvalue weighted by atomic mass is 10.1. The van der Waals surface area contributed by atoms with Gasteiger partial charge < -0.3 is 10.2 Å². The van der Waals surface area contributed by atoms with Crippen molar-refractivity contribution in [2.45, 2.75) is 64.1 Å². The van der Waals surface area contributed by atoms with Crippen LogP contribution < -0.4 is 5.32 Å². The maximum absolute atomic E-state index is 13.0. The van der Waals surface area contributed by atoms with Gasteiger partial charge in [-0.05, 0) is 37.3 Å². The Morgan fingerprint density at radius 1 is 0.964 bits per heavy atom. The number of nitrogens with zero attached hydrogens (tertiary/aromatic N) is 1. The highest BCUT2D eigenvalue weighted by Crippen LogP contribution is 2.19. The molecule has 1 aliphatic rings. The fourth-order valence-electron chi connectivity index (χ4n) is 3.79. The largest absolute Gasteiger partial charge is 0.352 e. The Hall–Kier alpha value is -2.62. The summed E-state index contributed by atoms with van der Waals surface area (Å²) in [6.45, 7) is 2.29. The van der Waals surface area contributed by atoms with Crippen molar-refractivity contribution in [1.82, 2.24) is 10.2 Å². The predicted molar refractivity (Wildman–Crippen MR) is 112 cm³/mol. The highest BCUT2D eigenvalue weighted by molar-refractivity contribution is 5.87. The average Bonchev–Trinajstić information content (AvgIpc) is 3.24. The van der Waals surface area contributed by atoms with Gasteiger partial charge in [-0.15, -0.1) is 0 Å². The molecule has 3 rings (SSSR count). The van der Waals surface area contributed by atoms with Gasteiger partial charge in [0.05, 0.1) is 0 Å². The zero-order chi connectivity index (χ0) is 19.8. The van der Waals surface area contributed by atoms with Crippen LogP contribution in [0, 0.1) is 0 Å². The zero-order valence-corrected chi connectivity index (χ0v) is 16.6.